The van der Waals surface area contributed by atoms with E-state index in [0.29, 0.717) is 13.1 Å². The molecule has 0 unspecified atom stereocenters. The van der Waals surface area contributed by atoms with Gasteiger partial charge in [-0.05, 0) is 42.2 Å². The summed E-state index contributed by atoms with van der Waals surface area (Å²) in [6, 6.07) is 15.8. The molecule has 23 heavy (non-hydrogen) atoms. The van der Waals surface area contributed by atoms with Gasteiger partial charge in [0.05, 0.1) is 7.11 Å². The number of rotatable bonds is 7. The Bertz CT molecular complexity index is 629. The largest absolute Gasteiger partial charge is 0.497 e. The second-order valence-corrected chi connectivity index (χ2v) is 5.98. The average Bonchev–Trinajstić information content (AvgIpc) is 2.57. The normalized spacial score (nSPS) is 10.2. The van der Waals surface area contributed by atoms with Gasteiger partial charge >= 0.3 is 6.03 Å². The fourth-order valence-electron chi connectivity index (χ4n) is 2.19. The van der Waals surface area contributed by atoms with Crippen molar-refractivity contribution in [3.05, 3.63) is 64.1 Å². The number of hydrogen-bond acceptors (Lipinski definition) is 2. The Balaban J connectivity index is 1.64. The van der Waals surface area contributed by atoms with Gasteiger partial charge in [0.25, 0.3) is 0 Å². The fourth-order valence-corrected chi connectivity index (χ4v) is 2.67. The SMILES string of the molecule is COc1ccc(CCNC(=O)NCCc2ccccc2Br)cc1. The van der Waals surface area contributed by atoms with Crippen LogP contribution in [-0.2, 0) is 12.8 Å². The van der Waals surface area contributed by atoms with E-state index >= 15 is 0 Å². The second-order valence-electron chi connectivity index (χ2n) is 5.12. The summed E-state index contributed by atoms with van der Waals surface area (Å²) in [5.41, 5.74) is 2.35. The molecule has 0 saturated heterocycles. The van der Waals surface area contributed by atoms with E-state index in [1.54, 1.807) is 7.11 Å². The fraction of sp³-hybridized carbons (Fsp3) is 0.278. The Kier molecular flexibility index (Phi) is 6.94. The van der Waals surface area contributed by atoms with Crippen LogP contribution in [-0.4, -0.2) is 26.2 Å². The molecule has 0 aliphatic rings. The van der Waals surface area contributed by atoms with Crippen LogP contribution < -0.4 is 15.4 Å². The second kappa shape index (κ2) is 9.20. The molecule has 2 aromatic rings. The number of ether oxygens (including phenoxy) is 1. The number of urea groups is 1. The van der Waals surface area contributed by atoms with Crippen LogP contribution in [0.25, 0.3) is 0 Å². The Hall–Kier alpha value is -2.01. The molecule has 0 radical (unpaired) electrons. The molecule has 2 aromatic carbocycles. The van der Waals surface area contributed by atoms with Crippen molar-refractivity contribution in [3.8, 4) is 5.75 Å². The van der Waals surface area contributed by atoms with Gasteiger partial charge in [-0.1, -0.05) is 46.3 Å². The standard InChI is InChI=1S/C18H21BrN2O2/c1-23-16-8-6-14(7-9-16)10-12-20-18(22)21-13-11-15-4-2-3-5-17(15)19/h2-9H,10-13H2,1H3,(H2,20,21,22). The first-order valence-corrected chi connectivity index (χ1v) is 8.36. The molecule has 0 aromatic heterocycles. The number of benzene rings is 2. The van der Waals surface area contributed by atoms with Gasteiger partial charge in [-0.15, -0.1) is 0 Å². The van der Waals surface area contributed by atoms with Crippen molar-refractivity contribution in [2.45, 2.75) is 12.8 Å². The molecule has 0 bridgehead atoms. The first-order chi connectivity index (χ1) is 11.2. The molecular formula is C18H21BrN2O2. The summed E-state index contributed by atoms with van der Waals surface area (Å²) in [5.74, 6) is 0.839. The van der Waals surface area contributed by atoms with Gasteiger partial charge in [0.1, 0.15) is 5.75 Å². The smallest absolute Gasteiger partial charge is 0.314 e. The lowest BCUT2D eigenvalue weighted by Gasteiger charge is -2.09. The van der Waals surface area contributed by atoms with Crippen LogP contribution in [0.2, 0.25) is 0 Å². The number of amides is 2. The molecule has 0 aliphatic carbocycles. The van der Waals surface area contributed by atoms with E-state index in [1.165, 1.54) is 11.1 Å². The van der Waals surface area contributed by atoms with Crippen molar-refractivity contribution in [2.75, 3.05) is 20.2 Å². The molecule has 0 aliphatic heterocycles. The molecule has 0 fully saturated rings. The first kappa shape index (κ1) is 17.3. The lowest BCUT2D eigenvalue weighted by atomic mass is 10.1. The number of nitrogens with one attached hydrogen (secondary N) is 2. The monoisotopic (exact) mass is 376 g/mol. The third kappa shape index (κ3) is 5.94. The van der Waals surface area contributed by atoms with Crippen molar-refractivity contribution in [1.29, 1.82) is 0 Å². The summed E-state index contributed by atoms with van der Waals surface area (Å²) in [4.78, 5) is 11.8. The zero-order chi connectivity index (χ0) is 16.5. The van der Waals surface area contributed by atoms with Gasteiger partial charge in [0.15, 0.2) is 0 Å². The Morgan fingerprint density at radius 3 is 2.30 bits per heavy atom. The first-order valence-electron chi connectivity index (χ1n) is 7.57. The number of carbonyl (C=O) groups is 1. The van der Waals surface area contributed by atoms with E-state index in [1.807, 2.05) is 48.5 Å². The van der Waals surface area contributed by atoms with E-state index in [9.17, 15) is 4.79 Å². The minimum absolute atomic E-state index is 0.134. The third-order valence-corrected chi connectivity index (χ3v) is 4.27. The predicted molar refractivity (Wildman–Crippen MR) is 95.9 cm³/mol. The summed E-state index contributed by atoms with van der Waals surface area (Å²) >= 11 is 3.50. The molecule has 0 saturated carbocycles. The highest BCUT2D eigenvalue weighted by Crippen LogP contribution is 2.15. The summed E-state index contributed by atoms with van der Waals surface area (Å²) in [7, 11) is 1.65. The Morgan fingerprint density at radius 2 is 1.65 bits per heavy atom. The molecular weight excluding hydrogens is 356 g/mol. The van der Waals surface area contributed by atoms with Gasteiger partial charge in [0.2, 0.25) is 0 Å². The van der Waals surface area contributed by atoms with E-state index < -0.39 is 0 Å². The summed E-state index contributed by atoms with van der Waals surface area (Å²) in [5, 5.41) is 5.74. The molecule has 4 nitrogen and oxygen atoms in total. The molecule has 2 rings (SSSR count). The zero-order valence-corrected chi connectivity index (χ0v) is 14.7. The van der Waals surface area contributed by atoms with Crippen LogP contribution in [0.15, 0.2) is 53.0 Å². The quantitative estimate of drug-likeness (QED) is 0.776. The Morgan fingerprint density at radius 1 is 1.00 bits per heavy atom. The van der Waals surface area contributed by atoms with E-state index in [-0.39, 0.29) is 6.03 Å². The Labute approximate surface area is 145 Å². The van der Waals surface area contributed by atoms with Gasteiger partial charge in [-0.3, -0.25) is 0 Å². The molecule has 0 spiro atoms. The zero-order valence-electron chi connectivity index (χ0n) is 13.1. The van der Waals surface area contributed by atoms with E-state index in [4.69, 9.17) is 4.74 Å². The predicted octanol–water partition coefficient (Wildman–Crippen LogP) is 3.54. The van der Waals surface area contributed by atoms with Crippen LogP contribution in [0, 0.1) is 0 Å². The van der Waals surface area contributed by atoms with Crippen molar-refractivity contribution in [3.63, 3.8) is 0 Å². The van der Waals surface area contributed by atoms with Crippen molar-refractivity contribution in [2.24, 2.45) is 0 Å². The molecule has 0 atom stereocenters. The van der Waals surface area contributed by atoms with Crippen LogP contribution in [0.1, 0.15) is 11.1 Å². The van der Waals surface area contributed by atoms with Crippen molar-refractivity contribution >= 4 is 22.0 Å². The highest BCUT2D eigenvalue weighted by atomic mass is 79.9. The molecule has 0 heterocycles. The molecule has 5 heteroatoms. The van der Waals surface area contributed by atoms with Gasteiger partial charge in [-0.25, -0.2) is 4.79 Å². The number of carbonyl (C=O) groups excluding carboxylic acids is 1. The third-order valence-electron chi connectivity index (χ3n) is 3.50. The van der Waals surface area contributed by atoms with Crippen LogP contribution in [0.4, 0.5) is 4.79 Å². The number of halogens is 1. The molecule has 2 amide bonds. The maximum absolute atomic E-state index is 11.8. The highest BCUT2D eigenvalue weighted by molar-refractivity contribution is 9.10. The van der Waals surface area contributed by atoms with Crippen molar-refractivity contribution in [1.82, 2.24) is 10.6 Å². The molecule has 2 N–H and O–H groups in total. The van der Waals surface area contributed by atoms with Gasteiger partial charge in [0, 0.05) is 17.6 Å². The maximum atomic E-state index is 11.8. The minimum atomic E-state index is -0.134. The van der Waals surface area contributed by atoms with Crippen molar-refractivity contribution < 1.29 is 9.53 Å². The summed E-state index contributed by atoms with van der Waals surface area (Å²) in [6.07, 6.45) is 1.59. The average molecular weight is 377 g/mol. The summed E-state index contributed by atoms with van der Waals surface area (Å²) in [6.45, 7) is 1.21. The van der Waals surface area contributed by atoms with Crippen LogP contribution >= 0.6 is 15.9 Å². The summed E-state index contributed by atoms with van der Waals surface area (Å²) < 4.78 is 6.19. The number of methoxy groups -OCH3 is 1. The highest BCUT2D eigenvalue weighted by Gasteiger charge is 2.02. The number of hydrogen-bond donors (Lipinski definition) is 2. The molecule has 122 valence electrons. The topological polar surface area (TPSA) is 50.4 Å². The van der Waals surface area contributed by atoms with Crippen LogP contribution in [0.3, 0.4) is 0 Å². The van der Waals surface area contributed by atoms with E-state index in [0.717, 1.165) is 23.1 Å². The van der Waals surface area contributed by atoms with E-state index in [2.05, 4.69) is 26.6 Å². The van der Waals surface area contributed by atoms with Crippen LogP contribution in [0.5, 0.6) is 5.75 Å². The lowest BCUT2D eigenvalue weighted by molar-refractivity contribution is 0.241. The minimum Gasteiger partial charge on any atom is -0.497 e. The van der Waals surface area contributed by atoms with Gasteiger partial charge < -0.3 is 15.4 Å². The van der Waals surface area contributed by atoms with Gasteiger partial charge in [-0.2, -0.15) is 0 Å². The lowest BCUT2D eigenvalue weighted by Crippen LogP contribution is -2.37. The maximum Gasteiger partial charge on any atom is 0.314 e.